The molecule has 1 aliphatic rings. The van der Waals surface area contributed by atoms with Gasteiger partial charge in [-0.25, -0.2) is 0 Å². The van der Waals surface area contributed by atoms with Gasteiger partial charge in [-0.2, -0.15) is 0 Å². The second kappa shape index (κ2) is 6.80. The number of amides is 1. The van der Waals surface area contributed by atoms with E-state index in [9.17, 15) is 4.79 Å². The summed E-state index contributed by atoms with van der Waals surface area (Å²) in [6, 6.07) is 0.468. The first-order valence-electron chi connectivity index (χ1n) is 5.98. The van der Waals surface area contributed by atoms with Crippen LogP contribution in [0.1, 0.15) is 32.6 Å². The average molecular weight is 213 g/mol. The second-order valence-corrected chi connectivity index (χ2v) is 4.26. The Balaban J connectivity index is 2.18. The number of hydrogen-bond donors (Lipinski definition) is 2. The first kappa shape index (κ1) is 12.5. The van der Waals surface area contributed by atoms with Crippen LogP contribution < -0.4 is 11.1 Å². The normalized spacial score (nSPS) is 15.7. The van der Waals surface area contributed by atoms with Gasteiger partial charge >= 0.3 is 0 Å². The zero-order valence-electron chi connectivity index (χ0n) is 9.67. The summed E-state index contributed by atoms with van der Waals surface area (Å²) in [6.45, 7) is 5.28. The summed E-state index contributed by atoms with van der Waals surface area (Å²) in [5.41, 5.74) is 5.47. The van der Waals surface area contributed by atoms with Crippen molar-refractivity contribution in [3.05, 3.63) is 0 Å². The molecule has 0 aromatic heterocycles. The summed E-state index contributed by atoms with van der Waals surface area (Å²) >= 11 is 0. The van der Waals surface area contributed by atoms with Crippen molar-refractivity contribution in [2.24, 2.45) is 5.73 Å². The zero-order valence-corrected chi connectivity index (χ0v) is 9.67. The first-order chi connectivity index (χ1) is 7.26. The van der Waals surface area contributed by atoms with Crippen molar-refractivity contribution in [2.75, 3.05) is 26.2 Å². The smallest absolute Gasteiger partial charge is 0.234 e. The van der Waals surface area contributed by atoms with E-state index in [0.29, 0.717) is 19.1 Å². The molecule has 0 aromatic rings. The molecule has 0 spiro atoms. The predicted molar refractivity (Wildman–Crippen MR) is 61.6 cm³/mol. The number of rotatable bonds is 8. The lowest BCUT2D eigenvalue weighted by molar-refractivity contribution is -0.122. The van der Waals surface area contributed by atoms with Crippen LogP contribution in [-0.2, 0) is 4.79 Å². The van der Waals surface area contributed by atoms with Gasteiger partial charge in [0.2, 0.25) is 5.91 Å². The number of nitrogens with two attached hydrogens (primary N) is 1. The van der Waals surface area contributed by atoms with E-state index in [2.05, 4.69) is 17.1 Å². The van der Waals surface area contributed by atoms with Gasteiger partial charge in [-0.05, 0) is 45.3 Å². The molecule has 0 aromatic carbocycles. The van der Waals surface area contributed by atoms with E-state index in [1.54, 1.807) is 0 Å². The quantitative estimate of drug-likeness (QED) is 0.611. The molecule has 1 rings (SSSR count). The lowest BCUT2D eigenvalue weighted by atomic mass is 10.3. The number of hydrogen-bond acceptors (Lipinski definition) is 3. The van der Waals surface area contributed by atoms with Crippen LogP contribution in [0.5, 0.6) is 0 Å². The van der Waals surface area contributed by atoms with Crippen LogP contribution >= 0.6 is 0 Å². The Morgan fingerprint density at radius 3 is 2.73 bits per heavy atom. The van der Waals surface area contributed by atoms with Crippen LogP contribution in [0.3, 0.4) is 0 Å². The molecule has 88 valence electrons. The highest BCUT2D eigenvalue weighted by Crippen LogP contribution is 2.18. The van der Waals surface area contributed by atoms with Gasteiger partial charge in [0.15, 0.2) is 0 Å². The molecule has 0 heterocycles. The lowest BCUT2D eigenvalue weighted by Gasteiger charge is -2.20. The van der Waals surface area contributed by atoms with E-state index in [1.165, 1.54) is 0 Å². The number of carbonyl (C=O) groups is 1. The minimum atomic E-state index is 0.169. The number of nitrogens with one attached hydrogen (secondary N) is 1. The van der Waals surface area contributed by atoms with E-state index < -0.39 is 0 Å². The third-order valence-electron chi connectivity index (χ3n) is 2.53. The number of carbonyl (C=O) groups excluding carboxylic acids is 1. The Morgan fingerprint density at radius 1 is 1.47 bits per heavy atom. The van der Waals surface area contributed by atoms with E-state index >= 15 is 0 Å². The molecule has 4 nitrogen and oxygen atoms in total. The van der Waals surface area contributed by atoms with Gasteiger partial charge in [-0.15, -0.1) is 0 Å². The summed E-state index contributed by atoms with van der Waals surface area (Å²) in [7, 11) is 0. The summed E-state index contributed by atoms with van der Waals surface area (Å²) in [6.07, 6.45) is 4.36. The monoisotopic (exact) mass is 213 g/mol. The molecule has 0 atom stereocenters. The maximum Gasteiger partial charge on any atom is 0.234 e. The maximum atomic E-state index is 11.6. The molecule has 1 fully saturated rings. The van der Waals surface area contributed by atoms with Crippen molar-refractivity contribution in [1.29, 1.82) is 0 Å². The van der Waals surface area contributed by atoms with Crippen molar-refractivity contribution < 1.29 is 4.79 Å². The van der Waals surface area contributed by atoms with Gasteiger partial charge in [0.25, 0.3) is 0 Å². The van der Waals surface area contributed by atoms with Crippen molar-refractivity contribution in [1.82, 2.24) is 10.2 Å². The van der Waals surface area contributed by atoms with Gasteiger partial charge in [0, 0.05) is 6.04 Å². The minimum absolute atomic E-state index is 0.169. The largest absolute Gasteiger partial charge is 0.352 e. The Kier molecular flexibility index (Phi) is 5.65. The molecule has 1 aliphatic carbocycles. The lowest BCUT2D eigenvalue weighted by Crippen LogP contribution is -2.39. The van der Waals surface area contributed by atoms with E-state index in [1.807, 2.05) is 0 Å². The topological polar surface area (TPSA) is 58.4 Å². The third kappa shape index (κ3) is 5.74. The molecule has 3 N–H and O–H groups in total. The highest BCUT2D eigenvalue weighted by atomic mass is 16.2. The van der Waals surface area contributed by atoms with Gasteiger partial charge in [-0.3, -0.25) is 9.69 Å². The Bertz CT molecular complexity index is 192. The summed E-state index contributed by atoms with van der Waals surface area (Å²) < 4.78 is 0. The Hall–Kier alpha value is -0.610. The van der Waals surface area contributed by atoms with Crippen molar-refractivity contribution >= 4 is 5.91 Å². The van der Waals surface area contributed by atoms with Crippen LogP contribution in [0.25, 0.3) is 0 Å². The van der Waals surface area contributed by atoms with Crippen LogP contribution in [0.2, 0.25) is 0 Å². The molecular formula is C11H23N3O. The fourth-order valence-electron chi connectivity index (χ4n) is 1.61. The molecule has 4 heteroatoms. The summed E-state index contributed by atoms with van der Waals surface area (Å²) in [4.78, 5) is 13.7. The molecule has 15 heavy (non-hydrogen) atoms. The standard InChI is InChI=1S/C11H23N3O/c1-2-7-14(8-3-6-12)9-11(15)13-10-4-5-10/h10H,2-9,12H2,1H3,(H,13,15). The molecule has 1 amide bonds. The third-order valence-corrected chi connectivity index (χ3v) is 2.53. The van der Waals surface area contributed by atoms with Gasteiger partial charge in [-0.1, -0.05) is 6.92 Å². The molecule has 0 unspecified atom stereocenters. The highest BCUT2D eigenvalue weighted by molar-refractivity contribution is 5.78. The van der Waals surface area contributed by atoms with Crippen molar-refractivity contribution in [3.8, 4) is 0 Å². The van der Waals surface area contributed by atoms with E-state index in [0.717, 1.165) is 38.8 Å². The van der Waals surface area contributed by atoms with Crippen molar-refractivity contribution in [3.63, 3.8) is 0 Å². The Labute approximate surface area is 92.2 Å². The Morgan fingerprint density at radius 2 is 2.20 bits per heavy atom. The molecule has 0 bridgehead atoms. The van der Waals surface area contributed by atoms with Crippen LogP contribution in [-0.4, -0.2) is 43.0 Å². The minimum Gasteiger partial charge on any atom is -0.352 e. The number of nitrogens with zero attached hydrogens (tertiary/aromatic N) is 1. The highest BCUT2D eigenvalue weighted by Gasteiger charge is 2.23. The average Bonchev–Trinajstić information content (AvgIpc) is 2.98. The fourth-order valence-corrected chi connectivity index (χ4v) is 1.61. The first-order valence-corrected chi connectivity index (χ1v) is 5.98. The van der Waals surface area contributed by atoms with Crippen molar-refractivity contribution in [2.45, 2.75) is 38.6 Å². The SMILES string of the molecule is CCCN(CCCN)CC(=O)NC1CC1. The molecule has 0 radical (unpaired) electrons. The van der Waals surface area contributed by atoms with Crippen LogP contribution in [0.15, 0.2) is 0 Å². The predicted octanol–water partition coefficient (Wildman–Crippen LogP) is 0.326. The summed E-state index contributed by atoms with van der Waals surface area (Å²) in [5, 5.41) is 3.01. The molecule has 1 saturated carbocycles. The van der Waals surface area contributed by atoms with E-state index in [-0.39, 0.29) is 5.91 Å². The van der Waals surface area contributed by atoms with E-state index in [4.69, 9.17) is 5.73 Å². The van der Waals surface area contributed by atoms with Crippen LogP contribution in [0, 0.1) is 0 Å². The molecular weight excluding hydrogens is 190 g/mol. The molecule has 0 aliphatic heterocycles. The maximum absolute atomic E-state index is 11.6. The van der Waals surface area contributed by atoms with Crippen LogP contribution in [0.4, 0.5) is 0 Å². The molecule has 0 saturated heterocycles. The fraction of sp³-hybridized carbons (Fsp3) is 0.909. The van der Waals surface area contributed by atoms with Gasteiger partial charge in [0.05, 0.1) is 6.54 Å². The summed E-state index contributed by atoms with van der Waals surface area (Å²) in [5.74, 6) is 0.169. The second-order valence-electron chi connectivity index (χ2n) is 4.26. The van der Waals surface area contributed by atoms with Gasteiger partial charge < -0.3 is 11.1 Å². The zero-order chi connectivity index (χ0) is 11.1. The van der Waals surface area contributed by atoms with Gasteiger partial charge in [0.1, 0.15) is 0 Å².